The average molecular weight is 991 g/mol. The van der Waals surface area contributed by atoms with E-state index in [1.54, 1.807) is 38.2 Å². The minimum Gasteiger partial charge on any atom is -0.391 e. The van der Waals surface area contributed by atoms with Gasteiger partial charge in [-0.3, -0.25) is 23.7 Å². The van der Waals surface area contributed by atoms with Gasteiger partial charge in [-0.05, 0) is 130 Å². The highest BCUT2D eigenvalue weighted by Crippen LogP contribution is 2.53. The fourth-order valence-corrected chi connectivity index (χ4v) is 12.9. The predicted octanol–water partition coefficient (Wildman–Crippen LogP) is 9.24. The molecular weight excluding hydrogens is 925 g/mol. The number of aromatic nitrogens is 3. The number of hydrogen-bond acceptors (Lipinski definition) is 9. The molecule has 0 unspecified atom stereocenters. The van der Waals surface area contributed by atoms with Crippen LogP contribution in [0.1, 0.15) is 144 Å². The second-order valence-electron chi connectivity index (χ2n) is 21.8. The van der Waals surface area contributed by atoms with Crippen LogP contribution in [0.3, 0.4) is 0 Å². The summed E-state index contributed by atoms with van der Waals surface area (Å²) in [6, 6.07) is 18.5. The summed E-state index contributed by atoms with van der Waals surface area (Å²) in [5.74, 6) is -0.345. The normalized spacial score (nSPS) is 21.4. The standard InChI is InChI=1S/C55H65ClFN7O5S/c1-33-46(70-32-58-33)36-16-14-35(15-17-36)41(59-48(66)44-30-38(65)31-63(44)50(68)47(53(2,3)4)60-52(69)55(57)24-25-55)12-6-5-9-26-62-27-20-34(21-28-62)37-18-19-42-39(29-37)54(22-7-8-23-54)51-61-49(67)45-40(56)11-10-13-43(45)64(42)51/h10-11,13-19,29,32,34,38,41,44,47,65H,5-9,12,20-28,30-31H2,1-4H3,(H,59,66)(H,60,69)/t38-,41+,44+,47-/m1/s1. The zero-order chi connectivity index (χ0) is 49.1. The molecule has 1 spiro atoms. The number of unbranched alkanes of at least 4 members (excludes halogenated alkanes) is 2. The smallest absolute Gasteiger partial charge is 0.282 e. The zero-order valence-electron chi connectivity index (χ0n) is 40.7. The van der Waals surface area contributed by atoms with Crippen LogP contribution in [0.5, 0.6) is 0 Å². The van der Waals surface area contributed by atoms with Gasteiger partial charge in [-0.2, -0.15) is 4.98 Å². The molecule has 15 heteroatoms. The fraction of sp³-hybridized carbons (Fsp3) is 0.527. The van der Waals surface area contributed by atoms with E-state index in [0.717, 1.165) is 116 Å². The Morgan fingerprint density at radius 1 is 0.971 bits per heavy atom. The Hall–Kier alpha value is -5.02. The van der Waals surface area contributed by atoms with Crippen LogP contribution in [-0.2, 0) is 19.8 Å². The Balaban J connectivity index is 0.777. The van der Waals surface area contributed by atoms with Crippen LogP contribution in [-0.4, -0.2) is 97.2 Å². The second kappa shape index (κ2) is 19.2. The molecule has 5 aliphatic rings. The molecule has 4 fully saturated rings. The van der Waals surface area contributed by atoms with Gasteiger partial charge in [-0.25, -0.2) is 9.37 Å². The molecule has 0 radical (unpaired) electrons. The summed E-state index contributed by atoms with van der Waals surface area (Å²) in [5, 5.41) is 17.7. The summed E-state index contributed by atoms with van der Waals surface area (Å²) in [7, 11) is 0. The average Bonchev–Trinajstić information content (AvgIpc) is 3.73. The van der Waals surface area contributed by atoms with E-state index in [1.807, 2.05) is 24.6 Å². The molecule has 3 aliphatic heterocycles. The first kappa shape index (κ1) is 48.6. The van der Waals surface area contributed by atoms with E-state index in [2.05, 4.69) is 67.5 Å². The van der Waals surface area contributed by atoms with Crippen LogP contribution >= 0.6 is 22.9 Å². The molecule has 0 bridgehead atoms. The largest absolute Gasteiger partial charge is 0.391 e. The number of likely N-dealkylation sites (tertiary alicyclic amines) is 2. The number of thiazole rings is 1. The highest BCUT2D eigenvalue weighted by molar-refractivity contribution is 7.13. The highest BCUT2D eigenvalue weighted by Gasteiger charge is 2.54. The number of carbonyl (C=O) groups excluding carboxylic acids is 3. The number of alkyl halides is 1. The van der Waals surface area contributed by atoms with Crippen molar-refractivity contribution in [1.29, 1.82) is 0 Å². The molecule has 5 aromatic rings. The summed E-state index contributed by atoms with van der Waals surface area (Å²) in [6.07, 6.45) is 9.30. The molecule has 2 aromatic heterocycles. The predicted molar refractivity (Wildman–Crippen MR) is 272 cm³/mol. The Labute approximate surface area is 418 Å². The first-order valence-corrected chi connectivity index (χ1v) is 26.7. The number of β-amino-alcohol motifs (C(OH)–C–C–N with tert-alkyl or cyclic N) is 1. The van der Waals surface area contributed by atoms with E-state index in [9.17, 15) is 28.7 Å². The van der Waals surface area contributed by atoms with Crippen molar-refractivity contribution in [3.05, 3.63) is 110 Å². The van der Waals surface area contributed by atoms with Crippen molar-refractivity contribution in [2.24, 2.45) is 5.41 Å². The van der Waals surface area contributed by atoms with E-state index in [4.69, 9.17) is 16.6 Å². The number of nitrogens with one attached hydrogen (secondary N) is 2. The number of halogens is 2. The van der Waals surface area contributed by atoms with Gasteiger partial charge in [0.2, 0.25) is 11.8 Å². The van der Waals surface area contributed by atoms with Gasteiger partial charge in [-0.15, -0.1) is 11.3 Å². The van der Waals surface area contributed by atoms with Crippen molar-refractivity contribution in [3.63, 3.8) is 0 Å². The quantitative estimate of drug-likeness (QED) is 0.0933. The van der Waals surface area contributed by atoms with Crippen LogP contribution in [0.25, 0.3) is 27.0 Å². The Morgan fingerprint density at radius 2 is 1.71 bits per heavy atom. The van der Waals surface area contributed by atoms with Crippen LogP contribution in [0.4, 0.5) is 4.39 Å². The molecule has 4 atom stereocenters. The Morgan fingerprint density at radius 3 is 2.40 bits per heavy atom. The lowest BCUT2D eigenvalue weighted by Crippen LogP contribution is -2.59. The van der Waals surface area contributed by atoms with Crippen molar-refractivity contribution in [2.45, 2.75) is 152 Å². The Bertz CT molecular complexity index is 2860. The molecule has 5 heterocycles. The van der Waals surface area contributed by atoms with Gasteiger partial charge < -0.3 is 25.5 Å². The van der Waals surface area contributed by atoms with Crippen molar-refractivity contribution in [1.82, 2.24) is 35.0 Å². The van der Waals surface area contributed by atoms with Gasteiger partial charge in [0.1, 0.15) is 17.9 Å². The maximum atomic E-state index is 14.8. The van der Waals surface area contributed by atoms with E-state index in [-0.39, 0.29) is 48.7 Å². The van der Waals surface area contributed by atoms with Gasteiger partial charge in [0.25, 0.3) is 11.5 Å². The topological polar surface area (TPSA) is 150 Å². The Kier molecular flexibility index (Phi) is 13.3. The number of carbonyl (C=O) groups is 3. The number of benzene rings is 3. The van der Waals surface area contributed by atoms with Crippen molar-refractivity contribution in [2.75, 3.05) is 26.2 Å². The van der Waals surface area contributed by atoms with E-state index in [1.165, 1.54) is 16.0 Å². The highest BCUT2D eigenvalue weighted by atomic mass is 35.5. The first-order valence-electron chi connectivity index (χ1n) is 25.4. The summed E-state index contributed by atoms with van der Waals surface area (Å²) < 4.78 is 17.0. The van der Waals surface area contributed by atoms with E-state index < -0.39 is 41.1 Å². The molecule has 12 nitrogen and oxygen atoms in total. The second-order valence-corrected chi connectivity index (χ2v) is 23.1. The molecule has 2 saturated heterocycles. The molecule has 3 N–H and O–H groups in total. The monoisotopic (exact) mass is 989 g/mol. The zero-order valence-corrected chi connectivity index (χ0v) is 42.3. The van der Waals surface area contributed by atoms with E-state index in [0.29, 0.717) is 22.7 Å². The van der Waals surface area contributed by atoms with Gasteiger partial charge in [-0.1, -0.05) is 101 Å². The lowest BCUT2D eigenvalue weighted by molar-refractivity contribution is -0.145. The lowest BCUT2D eigenvalue weighted by atomic mass is 9.77. The summed E-state index contributed by atoms with van der Waals surface area (Å²) in [6.45, 7) is 10.4. The summed E-state index contributed by atoms with van der Waals surface area (Å²) >= 11 is 8.16. The third kappa shape index (κ3) is 9.22. The minimum atomic E-state index is -1.96. The molecule has 10 rings (SSSR count). The molecular formula is C55H65ClFN7O5S. The SMILES string of the molecule is Cc1ncsc1-c1ccc([C@H](CCCCCN2CCC(c3ccc4c(c3)C3(CCCC3)c3nc(=O)c5c(Cl)cccc5n3-4)CC2)NC(=O)[C@@H]2C[C@@H](O)CN2C(=O)[C@@H](NC(=O)C2(F)CC2)C(C)(C)C)cc1. The minimum absolute atomic E-state index is 0.0530. The van der Waals surface area contributed by atoms with Gasteiger partial charge >= 0.3 is 0 Å². The number of rotatable bonds is 14. The van der Waals surface area contributed by atoms with Crippen LogP contribution in [0.2, 0.25) is 5.02 Å². The third-order valence-corrected chi connectivity index (χ3v) is 17.3. The molecule has 2 saturated carbocycles. The van der Waals surface area contributed by atoms with Crippen LogP contribution in [0, 0.1) is 12.3 Å². The maximum absolute atomic E-state index is 14.8. The fourth-order valence-electron chi connectivity index (χ4n) is 11.9. The van der Waals surface area contributed by atoms with Crippen molar-refractivity contribution >= 4 is 51.6 Å². The van der Waals surface area contributed by atoms with Crippen LogP contribution < -0.4 is 16.2 Å². The van der Waals surface area contributed by atoms with Gasteiger partial charge in [0.05, 0.1) is 55.3 Å². The molecule has 3 aromatic carbocycles. The molecule has 2 aliphatic carbocycles. The van der Waals surface area contributed by atoms with Gasteiger partial charge in [0.15, 0.2) is 5.67 Å². The van der Waals surface area contributed by atoms with Crippen LogP contribution in [0.15, 0.2) is 71.0 Å². The summed E-state index contributed by atoms with van der Waals surface area (Å²) in [4.78, 5) is 69.0. The number of aliphatic hydroxyl groups is 1. The van der Waals surface area contributed by atoms with E-state index >= 15 is 0 Å². The molecule has 370 valence electrons. The number of aryl methyl sites for hydroxylation is 1. The molecule has 3 amide bonds. The van der Waals surface area contributed by atoms with Gasteiger partial charge in [0, 0.05) is 13.0 Å². The number of nitrogens with zero attached hydrogens (tertiary/aromatic N) is 5. The number of fused-ring (bicyclic) bond motifs is 7. The number of amides is 3. The number of piperidine rings is 1. The lowest BCUT2D eigenvalue weighted by Gasteiger charge is -2.36. The van der Waals surface area contributed by atoms with Crippen molar-refractivity contribution < 1.29 is 23.9 Å². The summed E-state index contributed by atoms with van der Waals surface area (Å²) in [5.41, 5.74) is 6.20. The first-order chi connectivity index (χ1) is 33.5. The maximum Gasteiger partial charge on any atom is 0.282 e. The van der Waals surface area contributed by atoms with Crippen molar-refractivity contribution in [3.8, 4) is 16.1 Å². The third-order valence-electron chi connectivity index (χ3n) is 16.0. The molecule has 70 heavy (non-hydrogen) atoms. The number of aliphatic hydroxyl groups excluding tert-OH is 1. The number of hydrogen-bond donors (Lipinski definition) is 3.